The van der Waals surface area contributed by atoms with Gasteiger partial charge in [-0.2, -0.15) is 0 Å². The molecule has 188 valence electrons. The Kier molecular flexibility index (Phi) is 8.88. The van der Waals surface area contributed by atoms with E-state index in [0.717, 1.165) is 11.4 Å². The molecule has 1 saturated heterocycles. The first-order valence-electron chi connectivity index (χ1n) is 11.9. The van der Waals surface area contributed by atoms with Crippen LogP contribution in [0.15, 0.2) is 55.0 Å². The van der Waals surface area contributed by atoms with Gasteiger partial charge in [-0.1, -0.05) is 17.3 Å². The van der Waals surface area contributed by atoms with Crippen molar-refractivity contribution in [2.24, 2.45) is 0 Å². The molecule has 0 radical (unpaired) electrons. The van der Waals surface area contributed by atoms with Crippen molar-refractivity contribution in [3.8, 4) is 0 Å². The SMILES string of the molecule is O=C(O)C[C@@H]1CC[C@H](CC(=O)Cn2cc(CN(Cc3ccccn3)Cc3ccccn3)nn2)B(O)O1. The fourth-order valence-corrected chi connectivity index (χ4v) is 4.33. The number of aromatic nitrogens is 5. The number of nitrogens with zero attached hydrogens (tertiary/aromatic N) is 6. The molecule has 1 fully saturated rings. The summed E-state index contributed by atoms with van der Waals surface area (Å²) in [6.07, 6.45) is 5.74. The molecule has 0 saturated carbocycles. The molecular formula is C24H29BN6O5. The van der Waals surface area contributed by atoms with E-state index in [1.807, 2.05) is 36.4 Å². The Morgan fingerprint density at radius 1 is 1.00 bits per heavy atom. The molecule has 36 heavy (non-hydrogen) atoms. The fraction of sp³-hybridized carbons (Fsp3) is 0.417. The van der Waals surface area contributed by atoms with E-state index in [-0.39, 0.29) is 31.0 Å². The van der Waals surface area contributed by atoms with Gasteiger partial charge in [0.05, 0.1) is 35.8 Å². The van der Waals surface area contributed by atoms with Gasteiger partial charge in [0.1, 0.15) is 6.54 Å². The third-order valence-electron chi connectivity index (χ3n) is 6.02. The van der Waals surface area contributed by atoms with Crippen molar-refractivity contribution >= 4 is 18.9 Å². The van der Waals surface area contributed by atoms with Gasteiger partial charge in [0.25, 0.3) is 0 Å². The molecule has 2 atom stereocenters. The van der Waals surface area contributed by atoms with E-state index in [2.05, 4.69) is 25.2 Å². The van der Waals surface area contributed by atoms with Crippen LogP contribution in [0.3, 0.4) is 0 Å². The van der Waals surface area contributed by atoms with Crippen LogP contribution in [0.25, 0.3) is 0 Å². The van der Waals surface area contributed by atoms with Crippen LogP contribution >= 0.6 is 0 Å². The van der Waals surface area contributed by atoms with Crippen molar-refractivity contribution in [1.29, 1.82) is 0 Å². The lowest BCUT2D eigenvalue weighted by Gasteiger charge is -2.30. The molecule has 0 unspecified atom stereocenters. The smallest absolute Gasteiger partial charge is 0.458 e. The highest BCUT2D eigenvalue weighted by Gasteiger charge is 2.36. The summed E-state index contributed by atoms with van der Waals surface area (Å²) >= 11 is 0. The fourth-order valence-electron chi connectivity index (χ4n) is 4.33. The second-order valence-corrected chi connectivity index (χ2v) is 9.02. The number of ketones is 1. The maximum absolute atomic E-state index is 12.6. The van der Waals surface area contributed by atoms with Gasteiger partial charge in [-0.15, -0.1) is 5.10 Å². The third-order valence-corrected chi connectivity index (χ3v) is 6.02. The van der Waals surface area contributed by atoms with Gasteiger partial charge in [-0.05, 0) is 37.1 Å². The average molecular weight is 492 g/mol. The molecule has 0 bridgehead atoms. The Hall–Kier alpha value is -3.48. The predicted molar refractivity (Wildman–Crippen MR) is 129 cm³/mol. The molecule has 2 N–H and O–H groups in total. The number of aliphatic carboxylic acids is 1. The Morgan fingerprint density at radius 2 is 1.67 bits per heavy atom. The monoisotopic (exact) mass is 492 g/mol. The van der Waals surface area contributed by atoms with Crippen LogP contribution in [0.1, 0.15) is 42.8 Å². The summed E-state index contributed by atoms with van der Waals surface area (Å²) < 4.78 is 6.88. The minimum absolute atomic E-state index is 0.0370. The highest BCUT2D eigenvalue weighted by Crippen LogP contribution is 2.30. The minimum Gasteiger partial charge on any atom is -0.481 e. The maximum Gasteiger partial charge on any atom is 0.458 e. The molecule has 1 aliphatic heterocycles. The number of pyridine rings is 2. The first-order valence-corrected chi connectivity index (χ1v) is 11.9. The van der Waals surface area contributed by atoms with Gasteiger partial charge in [0.15, 0.2) is 5.78 Å². The van der Waals surface area contributed by atoms with Gasteiger partial charge in [0, 0.05) is 44.3 Å². The van der Waals surface area contributed by atoms with Crippen LogP contribution in [-0.4, -0.2) is 65.0 Å². The van der Waals surface area contributed by atoms with Crippen molar-refractivity contribution < 1.29 is 24.4 Å². The largest absolute Gasteiger partial charge is 0.481 e. The van der Waals surface area contributed by atoms with Crippen molar-refractivity contribution in [1.82, 2.24) is 29.9 Å². The second-order valence-electron chi connectivity index (χ2n) is 9.02. The van der Waals surface area contributed by atoms with E-state index in [4.69, 9.17) is 9.76 Å². The number of carboxylic acids is 1. The van der Waals surface area contributed by atoms with E-state index in [1.54, 1.807) is 18.6 Å². The molecule has 0 amide bonds. The Balaban J connectivity index is 1.32. The van der Waals surface area contributed by atoms with Crippen LogP contribution < -0.4 is 0 Å². The average Bonchev–Trinajstić information content (AvgIpc) is 3.28. The summed E-state index contributed by atoms with van der Waals surface area (Å²) in [5.41, 5.74) is 2.57. The highest BCUT2D eigenvalue weighted by atomic mass is 16.5. The number of carbonyl (C=O) groups excluding carboxylic acids is 1. The summed E-state index contributed by atoms with van der Waals surface area (Å²) in [6.45, 7) is 1.74. The summed E-state index contributed by atoms with van der Waals surface area (Å²) in [6, 6.07) is 11.6. The highest BCUT2D eigenvalue weighted by molar-refractivity contribution is 6.45. The Labute approximate surface area is 209 Å². The van der Waals surface area contributed by atoms with Crippen LogP contribution in [0.4, 0.5) is 0 Å². The molecule has 0 aliphatic carbocycles. The molecule has 12 heteroatoms. The normalized spacial score (nSPS) is 17.9. The van der Waals surface area contributed by atoms with Crippen LogP contribution in [0.5, 0.6) is 0 Å². The lowest BCUT2D eigenvalue weighted by Crippen LogP contribution is -2.38. The van der Waals surface area contributed by atoms with Crippen molar-refractivity contribution in [3.05, 3.63) is 72.1 Å². The van der Waals surface area contributed by atoms with Crippen LogP contribution in [-0.2, 0) is 40.4 Å². The lowest BCUT2D eigenvalue weighted by atomic mass is 9.64. The molecule has 11 nitrogen and oxygen atoms in total. The van der Waals surface area contributed by atoms with E-state index in [1.165, 1.54) is 4.68 Å². The van der Waals surface area contributed by atoms with Crippen molar-refractivity contribution in [2.75, 3.05) is 0 Å². The molecule has 4 rings (SSSR count). The number of carboxylic acid groups (broad SMARTS) is 1. The summed E-state index contributed by atoms with van der Waals surface area (Å²) in [7, 11) is -1.15. The zero-order chi connectivity index (χ0) is 25.3. The number of carbonyl (C=O) groups is 2. The maximum atomic E-state index is 12.6. The molecule has 0 spiro atoms. The lowest BCUT2D eigenvalue weighted by molar-refractivity contribution is -0.139. The molecule has 0 aromatic carbocycles. The number of hydrogen-bond donors (Lipinski definition) is 2. The number of hydrogen-bond acceptors (Lipinski definition) is 9. The van der Waals surface area contributed by atoms with Gasteiger partial charge < -0.3 is 14.8 Å². The topological polar surface area (TPSA) is 144 Å². The molecule has 3 aromatic heterocycles. The molecular weight excluding hydrogens is 463 g/mol. The van der Waals surface area contributed by atoms with Gasteiger partial charge in [-0.25, -0.2) is 4.68 Å². The van der Waals surface area contributed by atoms with Crippen molar-refractivity contribution in [3.63, 3.8) is 0 Å². The Morgan fingerprint density at radius 3 is 2.25 bits per heavy atom. The standard InChI is InChI=1S/C24H29BN6O5/c32-22(11-18-7-8-23(12-24(33)34)36-25(18)35)17-31-16-21(28-29-31)15-30(13-19-5-1-3-9-26-19)14-20-6-2-4-10-27-20/h1-6,9-10,16,18,23,35H,7-8,11-15,17H2,(H,33,34)/t18-,23+/m1/s1. The van der Waals surface area contributed by atoms with E-state index >= 15 is 0 Å². The van der Waals surface area contributed by atoms with Crippen LogP contribution in [0, 0.1) is 0 Å². The van der Waals surface area contributed by atoms with Gasteiger partial charge in [0.2, 0.25) is 0 Å². The zero-order valence-electron chi connectivity index (χ0n) is 19.9. The van der Waals surface area contributed by atoms with E-state index in [9.17, 15) is 14.6 Å². The third kappa shape index (κ3) is 7.77. The molecule has 3 aromatic rings. The van der Waals surface area contributed by atoms with E-state index < -0.39 is 19.2 Å². The zero-order valence-corrected chi connectivity index (χ0v) is 19.9. The summed E-state index contributed by atoms with van der Waals surface area (Å²) in [4.78, 5) is 34.5. The number of Topliss-reactive ketones (excluding diaryl/α,β-unsaturated/α-hetero) is 1. The van der Waals surface area contributed by atoms with Gasteiger partial charge >= 0.3 is 13.1 Å². The quantitative estimate of drug-likeness (QED) is 0.359. The van der Waals surface area contributed by atoms with Crippen molar-refractivity contribution in [2.45, 2.75) is 63.8 Å². The number of rotatable bonds is 12. The minimum atomic E-state index is -1.15. The van der Waals surface area contributed by atoms with Gasteiger partial charge in [-0.3, -0.25) is 24.5 Å². The Bertz CT molecular complexity index is 1090. The second kappa shape index (κ2) is 12.5. The van der Waals surface area contributed by atoms with Crippen LogP contribution in [0.2, 0.25) is 5.82 Å². The van der Waals surface area contributed by atoms with E-state index in [0.29, 0.717) is 38.2 Å². The molecule has 4 heterocycles. The summed E-state index contributed by atoms with van der Waals surface area (Å²) in [5, 5.41) is 27.4. The predicted octanol–water partition coefficient (Wildman–Crippen LogP) is 1.73. The molecule has 1 aliphatic rings. The first-order chi connectivity index (χ1) is 17.4. The summed E-state index contributed by atoms with van der Waals surface area (Å²) in [5.74, 6) is -1.44. The first kappa shape index (κ1) is 25.6.